The normalized spacial score (nSPS) is 19.0. The maximum Gasteiger partial charge on any atom is 0.252 e. The third-order valence-electron chi connectivity index (χ3n) is 3.01. The van der Waals surface area contributed by atoms with Gasteiger partial charge in [-0.3, -0.25) is 4.79 Å². The van der Waals surface area contributed by atoms with E-state index in [9.17, 15) is 4.79 Å². The number of nitrogens with two attached hydrogens (primary N) is 1. The summed E-state index contributed by atoms with van der Waals surface area (Å²) in [6.07, 6.45) is 6.22. The quantitative estimate of drug-likeness (QED) is 0.874. The van der Waals surface area contributed by atoms with E-state index in [1.165, 1.54) is 12.8 Å². The molecule has 16 heavy (non-hydrogen) atoms. The van der Waals surface area contributed by atoms with E-state index >= 15 is 0 Å². The van der Waals surface area contributed by atoms with E-state index in [-0.39, 0.29) is 12.4 Å². The number of halogens is 1. The van der Waals surface area contributed by atoms with E-state index in [2.05, 4.69) is 9.97 Å². The third kappa shape index (κ3) is 2.02. The number of rotatable bonds is 3. The number of hydrogen-bond donors (Lipinski definition) is 1. The number of primary amides is 1. The zero-order chi connectivity index (χ0) is 10.4. The minimum absolute atomic E-state index is 0. The summed E-state index contributed by atoms with van der Waals surface area (Å²) in [6.45, 7) is 0. The Morgan fingerprint density at radius 2 is 1.88 bits per heavy atom. The lowest BCUT2D eigenvalue weighted by Crippen LogP contribution is -2.16. The van der Waals surface area contributed by atoms with E-state index in [4.69, 9.17) is 5.73 Å². The smallest absolute Gasteiger partial charge is 0.252 e. The number of carbonyl (C=O) groups is 1. The molecule has 0 atom stereocenters. The molecule has 0 aliphatic heterocycles. The first-order valence-corrected chi connectivity index (χ1v) is 5.42. The van der Waals surface area contributed by atoms with Gasteiger partial charge in [0.2, 0.25) is 0 Å². The SMILES string of the molecule is Cl.NC(=O)c1cnc(C2CC2)nc1C1CC1. The van der Waals surface area contributed by atoms with Crippen LogP contribution in [0.4, 0.5) is 0 Å². The lowest BCUT2D eigenvalue weighted by atomic mass is 10.1. The first kappa shape index (κ1) is 11.3. The van der Waals surface area contributed by atoms with Crippen LogP contribution in [-0.2, 0) is 0 Å². The van der Waals surface area contributed by atoms with Crippen LogP contribution in [0.25, 0.3) is 0 Å². The summed E-state index contributed by atoms with van der Waals surface area (Å²) in [6, 6.07) is 0. The summed E-state index contributed by atoms with van der Waals surface area (Å²) < 4.78 is 0. The maximum atomic E-state index is 11.2. The average molecular weight is 240 g/mol. The Bertz CT molecular complexity index is 427. The minimum Gasteiger partial charge on any atom is -0.365 e. The minimum atomic E-state index is -0.403. The standard InChI is InChI=1S/C11H13N3O.ClH/c12-10(15)8-5-13-11(7-3-4-7)14-9(8)6-1-2-6;/h5-7H,1-4H2,(H2,12,15);1H. The lowest BCUT2D eigenvalue weighted by Gasteiger charge is -2.05. The Kier molecular flexibility index (Phi) is 2.84. The molecule has 0 spiro atoms. The molecule has 1 heterocycles. The lowest BCUT2D eigenvalue weighted by molar-refractivity contribution is 0.0998. The molecule has 2 N–H and O–H groups in total. The predicted octanol–water partition coefficient (Wildman–Crippen LogP) is 1.75. The molecule has 1 aromatic heterocycles. The molecule has 4 nitrogen and oxygen atoms in total. The zero-order valence-corrected chi connectivity index (χ0v) is 9.67. The van der Waals surface area contributed by atoms with Crippen LogP contribution < -0.4 is 5.73 Å². The highest BCUT2D eigenvalue weighted by molar-refractivity contribution is 5.93. The van der Waals surface area contributed by atoms with Gasteiger partial charge in [-0.1, -0.05) is 0 Å². The van der Waals surface area contributed by atoms with Gasteiger partial charge in [0.25, 0.3) is 5.91 Å². The van der Waals surface area contributed by atoms with Crippen molar-refractivity contribution in [2.75, 3.05) is 0 Å². The van der Waals surface area contributed by atoms with Gasteiger partial charge in [-0.2, -0.15) is 0 Å². The van der Waals surface area contributed by atoms with Gasteiger partial charge in [-0.05, 0) is 25.7 Å². The van der Waals surface area contributed by atoms with Gasteiger partial charge in [0.1, 0.15) is 5.82 Å². The van der Waals surface area contributed by atoms with E-state index in [0.29, 0.717) is 17.4 Å². The Balaban J connectivity index is 0.000000963. The molecule has 2 aliphatic rings. The second kappa shape index (κ2) is 4.01. The number of aromatic nitrogens is 2. The van der Waals surface area contributed by atoms with E-state index in [1.807, 2.05) is 0 Å². The monoisotopic (exact) mass is 239 g/mol. The molecule has 0 aromatic carbocycles. The molecular formula is C11H14ClN3O. The van der Waals surface area contributed by atoms with Crippen LogP contribution in [0.1, 0.15) is 59.4 Å². The highest BCUT2D eigenvalue weighted by atomic mass is 35.5. The maximum absolute atomic E-state index is 11.2. The van der Waals surface area contributed by atoms with Gasteiger partial charge in [0.05, 0.1) is 11.3 Å². The summed E-state index contributed by atoms with van der Waals surface area (Å²) in [7, 11) is 0. The van der Waals surface area contributed by atoms with Crippen LogP contribution in [0.15, 0.2) is 6.20 Å². The van der Waals surface area contributed by atoms with Gasteiger partial charge in [-0.15, -0.1) is 12.4 Å². The second-order valence-electron chi connectivity index (χ2n) is 4.44. The highest BCUT2D eigenvalue weighted by Gasteiger charge is 2.32. The van der Waals surface area contributed by atoms with Crippen molar-refractivity contribution in [3.63, 3.8) is 0 Å². The highest BCUT2D eigenvalue weighted by Crippen LogP contribution is 2.43. The van der Waals surface area contributed by atoms with Crippen LogP contribution in [0, 0.1) is 0 Å². The molecule has 0 radical (unpaired) electrons. The van der Waals surface area contributed by atoms with Crippen molar-refractivity contribution >= 4 is 18.3 Å². The number of hydrogen-bond acceptors (Lipinski definition) is 3. The fraction of sp³-hybridized carbons (Fsp3) is 0.545. The Hall–Kier alpha value is -1.16. The van der Waals surface area contributed by atoms with Crippen molar-refractivity contribution in [3.05, 3.63) is 23.3 Å². The van der Waals surface area contributed by atoms with Crippen molar-refractivity contribution in [1.82, 2.24) is 9.97 Å². The molecular weight excluding hydrogens is 226 g/mol. The fourth-order valence-corrected chi connectivity index (χ4v) is 1.81. The summed E-state index contributed by atoms with van der Waals surface area (Å²) in [4.78, 5) is 19.9. The number of carbonyl (C=O) groups excluding carboxylic acids is 1. The third-order valence-corrected chi connectivity index (χ3v) is 3.01. The number of amides is 1. The Labute approximate surface area is 100 Å². The van der Waals surface area contributed by atoms with Gasteiger partial charge in [-0.25, -0.2) is 9.97 Å². The van der Waals surface area contributed by atoms with Crippen molar-refractivity contribution in [3.8, 4) is 0 Å². The molecule has 0 saturated heterocycles. The van der Waals surface area contributed by atoms with Crippen molar-refractivity contribution in [2.45, 2.75) is 37.5 Å². The van der Waals surface area contributed by atoms with Gasteiger partial charge in [0, 0.05) is 18.0 Å². The number of nitrogens with zero attached hydrogens (tertiary/aromatic N) is 2. The first-order valence-electron chi connectivity index (χ1n) is 5.42. The van der Waals surface area contributed by atoms with Crippen molar-refractivity contribution < 1.29 is 4.79 Å². The molecule has 86 valence electrons. The fourth-order valence-electron chi connectivity index (χ4n) is 1.81. The topological polar surface area (TPSA) is 68.9 Å². The second-order valence-corrected chi connectivity index (χ2v) is 4.44. The average Bonchev–Trinajstić information content (AvgIpc) is 3.07. The van der Waals surface area contributed by atoms with Crippen molar-refractivity contribution in [1.29, 1.82) is 0 Å². The van der Waals surface area contributed by atoms with Crippen LogP contribution in [0.3, 0.4) is 0 Å². The van der Waals surface area contributed by atoms with E-state index < -0.39 is 5.91 Å². The molecule has 1 amide bonds. The molecule has 1 aromatic rings. The summed E-state index contributed by atoms with van der Waals surface area (Å²) >= 11 is 0. The molecule has 3 rings (SSSR count). The zero-order valence-electron chi connectivity index (χ0n) is 8.85. The summed E-state index contributed by atoms with van der Waals surface area (Å²) in [5.41, 5.74) is 6.71. The van der Waals surface area contributed by atoms with Crippen LogP contribution in [-0.4, -0.2) is 15.9 Å². The molecule has 2 saturated carbocycles. The van der Waals surface area contributed by atoms with E-state index in [1.54, 1.807) is 6.20 Å². The van der Waals surface area contributed by atoms with Gasteiger partial charge in [0.15, 0.2) is 0 Å². The van der Waals surface area contributed by atoms with Gasteiger partial charge < -0.3 is 5.73 Å². The molecule has 2 aliphatic carbocycles. The van der Waals surface area contributed by atoms with E-state index in [0.717, 1.165) is 24.4 Å². The van der Waals surface area contributed by atoms with Crippen LogP contribution in [0.5, 0.6) is 0 Å². The van der Waals surface area contributed by atoms with Gasteiger partial charge >= 0.3 is 0 Å². The molecule has 2 fully saturated rings. The summed E-state index contributed by atoms with van der Waals surface area (Å²) in [5, 5.41) is 0. The molecule has 0 unspecified atom stereocenters. The molecule has 5 heteroatoms. The molecule has 0 bridgehead atoms. The predicted molar refractivity (Wildman–Crippen MR) is 61.7 cm³/mol. The van der Waals surface area contributed by atoms with Crippen LogP contribution >= 0.6 is 12.4 Å². The van der Waals surface area contributed by atoms with Crippen LogP contribution in [0.2, 0.25) is 0 Å². The Morgan fingerprint density at radius 3 is 2.38 bits per heavy atom. The first-order chi connectivity index (χ1) is 7.25. The largest absolute Gasteiger partial charge is 0.365 e. The summed E-state index contributed by atoms with van der Waals surface area (Å²) in [5.74, 6) is 1.48. The van der Waals surface area contributed by atoms with Crippen molar-refractivity contribution in [2.24, 2.45) is 5.73 Å². The Morgan fingerprint density at radius 1 is 1.25 bits per heavy atom.